The van der Waals surface area contributed by atoms with Gasteiger partial charge >= 0.3 is 0 Å². The molecule has 5 rings (SSSR count). The molecule has 0 radical (unpaired) electrons. The number of rotatable bonds is 8. The minimum Gasteiger partial charge on any atom is -0.467 e. The Labute approximate surface area is 204 Å². The number of nitrogens with zero attached hydrogens (tertiary/aromatic N) is 5. The molecule has 0 aliphatic rings. The summed E-state index contributed by atoms with van der Waals surface area (Å²) in [4.78, 5) is 21.6. The second kappa shape index (κ2) is 10.0. The highest BCUT2D eigenvalue weighted by molar-refractivity contribution is 8.00. The van der Waals surface area contributed by atoms with Gasteiger partial charge in [-0.3, -0.25) is 14.3 Å². The summed E-state index contributed by atoms with van der Waals surface area (Å²) < 4.78 is 7.47. The molecule has 0 fully saturated rings. The predicted octanol–water partition coefficient (Wildman–Crippen LogP) is 5.22. The highest BCUT2D eigenvalue weighted by Crippen LogP contribution is 2.29. The number of furan rings is 1. The quantitative estimate of drug-likeness (QED) is 0.299. The summed E-state index contributed by atoms with van der Waals surface area (Å²) in [6.07, 6.45) is 5.07. The fourth-order valence-corrected chi connectivity index (χ4v) is 4.85. The van der Waals surface area contributed by atoms with E-state index in [1.54, 1.807) is 18.7 Å². The molecular weight excluding hydrogens is 468 g/mol. The van der Waals surface area contributed by atoms with Gasteiger partial charge in [0.2, 0.25) is 5.91 Å². The zero-order chi connectivity index (χ0) is 23.3. The van der Waals surface area contributed by atoms with Crippen molar-refractivity contribution in [3.8, 4) is 22.6 Å². The maximum absolute atomic E-state index is 12.9. The number of nitrogens with one attached hydrogen (secondary N) is 1. The van der Waals surface area contributed by atoms with E-state index in [9.17, 15) is 4.79 Å². The van der Waals surface area contributed by atoms with Gasteiger partial charge in [-0.25, -0.2) is 4.98 Å². The van der Waals surface area contributed by atoms with E-state index in [0.717, 1.165) is 22.6 Å². The highest BCUT2D eigenvalue weighted by atomic mass is 32.2. The molecule has 0 spiro atoms. The molecule has 170 valence electrons. The molecule has 0 saturated carbocycles. The number of aromatic nitrogens is 5. The molecule has 1 N–H and O–H groups in total. The molecule has 1 atom stereocenters. The lowest BCUT2D eigenvalue weighted by Gasteiger charge is -2.12. The molecule has 4 heterocycles. The fraction of sp³-hybridized carbons (Fsp3) is 0.125. The first-order chi connectivity index (χ1) is 16.7. The maximum atomic E-state index is 12.9. The molecular formula is C24H20N6O2S2. The van der Waals surface area contributed by atoms with Gasteiger partial charge in [0, 0.05) is 28.9 Å². The lowest BCUT2D eigenvalue weighted by molar-refractivity contribution is -0.115. The smallest absolute Gasteiger partial charge is 0.239 e. The van der Waals surface area contributed by atoms with E-state index in [0.29, 0.717) is 22.7 Å². The van der Waals surface area contributed by atoms with Crippen molar-refractivity contribution in [2.24, 2.45) is 0 Å². The van der Waals surface area contributed by atoms with Crippen LogP contribution in [0, 0.1) is 0 Å². The Bertz CT molecular complexity index is 1370. The monoisotopic (exact) mass is 488 g/mol. The lowest BCUT2D eigenvalue weighted by atomic mass is 10.2. The number of pyridine rings is 1. The molecule has 34 heavy (non-hydrogen) atoms. The normalized spacial score (nSPS) is 11.9. The van der Waals surface area contributed by atoms with Crippen LogP contribution in [-0.4, -0.2) is 35.9 Å². The van der Waals surface area contributed by atoms with Crippen molar-refractivity contribution in [3.05, 3.63) is 84.4 Å². The van der Waals surface area contributed by atoms with Crippen LogP contribution in [0.15, 0.2) is 88.2 Å². The fourth-order valence-electron chi connectivity index (χ4n) is 3.28. The van der Waals surface area contributed by atoms with E-state index in [4.69, 9.17) is 4.42 Å². The van der Waals surface area contributed by atoms with Crippen molar-refractivity contribution in [2.75, 3.05) is 5.32 Å². The summed E-state index contributed by atoms with van der Waals surface area (Å²) in [7, 11) is 0. The van der Waals surface area contributed by atoms with Crippen LogP contribution in [0.2, 0.25) is 0 Å². The van der Waals surface area contributed by atoms with E-state index in [1.165, 1.54) is 23.1 Å². The van der Waals surface area contributed by atoms with E-state index in [2.05, 4.69) is 25.5 Å². The molecule has 0 aliphatic carbocycles. The number of carbonyl (C=O) groups is 1. The number of benzene rings is 1. The van der Waals surface area contributed by atoms with Crippen LogP contribution >= 0.6 is 23.1 Å². The van der Waals surface area contributed by atoms with Crippen LogP contribution in [0.1, 0.15) is 12.7 Å². The molecule has 1 aromatic carbocycles. The number of amides is 1. The van der Waals surface area contributed by atoms with Gasteiger partial charge in [0.15, 0.2) is 16.1 Å². The van der Waals surface area contributed by atoms with Gasteiger partial charge in [-0.05, 0) is 31.2 Å². The molecule has 10 heteroatoms. The Hall–Kier alpha value is -3.76. The second-order valence-electron chi connectivity index (χ2n) is 7.37. The number of carbonyl (C=O) groups excluding carboxylic acids is 1. The van der Waals surface area contributed by atoms with Gasteiger partial charge in [-0.1, -0.05) is 42.1 Å². The van der Waals surface area contributed by atoms with Crippen molar-refractivity contribution in [1.29, 1.82) is 0 Å². The average Bonchev–Trinajstić information content (AvgIpc) is 3.63. The van der Waals surface area contributed by atoms with Crippen LogP contribution in [0.25, 0.3) is 22.6 Å². The Morgan fingerprint density at radius 3 is 2.74 bits per heavy atom. The number of anilines is 1. The molecule has 4 aromatic heterocycles. The minimum atomic E-state index is -0.426. The third kappa shape index (κ3) is 4.92. The predicted molar refractivity (Wildman–Crippen MR) is 133 cm³/mol. The summed E-state index contributed by atoms with van der Waals surface area (Å²) in [5.41, 5.74) is 2.68. The van der Waals surface area contributed by atoms with Gasteiger partial charge in [0.25, 0.3) is 0 Å². The van der Waals surface area contributed by atoms with Gasteiger partial charge in [0.05, 0.1) is 23.8 Å². The van der Waals surface area contributed by atoms with Crippen LogP contribution in [-0.2, 0) is 11.3 Å². The molecule has 8 nitrogen and oxygen atoms in total. The van der Waals surface area contributed by atoms with Crippen LogP contribution in [0.4, 0.5) is 5.13 Å². The minimum absolute atomic E-state index is 0.158. The van der Waals surface area contributed by atoms with Crippen molar-refractivity contribution >= 4 is 34.1 Å². The molecule has 1 unspecified atom stereocenters. The average molecular weight is 489 g/mol. The Morgan fingerprint density at radius 2 is 1.97 bits per heavy atom. The molecule has 5 aromatic rings. The van der Waals surface area contributed by atoms with E-state index in [1.807, 2.05) is 71.5 Å². The van der Waals surface area contributed by atoms with Gasteiger partial charge < -0.3 is 9.73 Å². The van der Waals surface area contributed by atoms with Gasteiger partial charge in [0.1, 0.15) is 5.76 Å². The second-order valence-corrected chi connectivity index (χ2v) is 9.53. The largest absolute Gasteiger partial charge is 0.467 e. The molecule has 0 aliphatic heterocycles. The summed E-state index contributed by atoms with van der Waals surface area (Å²) in [6, 6.07) is 17.4. The summed E-state index contributed by atoms with van der Waals surface area (Å²) >= 11 is 2.73. The third-order valence-electron chi connectivity index (χ3n) is 4.99. The number of hydrogen-bond donors (Lipinski definition) is 1. The zero-order valence-corrected chi connectivity index (χ0v) is 19.8. The maximum Gasteiger partial charge on any atom is 0.239 e. The lowest BCUT2D eigenvalue weighted by Crippen LogP contribution is -2.23. The summed E-state index contributed by atoms with van der Waals surface area (Å²) in [5.74, 6) is 1.27. The van der Waals surface area contributed by atoms with E-state index in [-0.39, 0.29) is 5.91 Å². The Morgan fingerprint density at radius 1 is 1.12 bits per heavy atom. The highest BCUT2D eigenvalue weighted by Gasteiger charge is 2.22. The first-order valence-corrected chi connectivity index (χ1v) is 12.3. The summed E-state index contributed by atoms with van der Waals surface area (Å²) in [5, 5.41) is 14.3. The number of hydrogen-bond acceptors (Lipinski definition) is 8. The van der Waals surface area contributed by atoms with Crippen LogP contribution in [0.5, 0.6) is 0 Å². The van der Waals surface area contributed by atoms with E-state index < -0.39 is 5.25 Å². The van der Waals surface area contributed by atoms with Crippen molar-refractivity contribution in [3.63, 3.8) is 0 Å². The molecule has 1 amide bonds. The van der Waals surface area contributed by atoms with Gasteiger partial charge in [-0.15, -0.1) is 21.5 Å². The third-order valence-corrected chi connectivity index (χ3v) is 6.82. The van der Waals surface area contributed by atoms with Crippen molar-refractivity contribution in [2.45, 2.75) is 23.9 Å². The van der Waals surface area contributed by atoms with Gasteiger partial charge in [-0.2, -0.15) is 0 Å². The van der Waals surface area contributed by atoms with Crippen molar-refractivity contribution in [1.82, 2.24) is 24.7 Å². The number of thiazole rings is 1. The van der Waals surface area contributed by atoms with Crippen molar-refractivity contribution < 1.29 is 9.21 Å². The Balaban J connectivity index is 1.33. The number of thioether (sulfide) groups is 1. The topological polar surface area (TPSA) is 98.7 Å². The summed E-state index contributed by atoms with van der Waals surface area (Å²) in [6.45, 7) is 2.27. The standard InChI is InChI=1S/C24H20N6O2S2/c1-16(22(31)27-23-26-20(15-33-23)17-7-3-2-4-8-17)34-24-29-28-21(18-9-5-11-25-13-18)30(24)14-19-10-6-12-32-19/h2-13,15-16H,14H2,1H3,(H,26,27,31). The van der Waals surface area contributed by atoms with E-state index >= 15 is 0 Å². The van der Waals surface area contributed by atoms with Crippen LogP contribution < -0.4 is 5.32 Å². The Kier molecular flexibility index (Phi) is 6.50. The molecule has 0 bridgehead atoms. The zero-order valence-electron chi connectivity index (χ0n) is 18.2. The first kappa shape index (κ1) is 22.1. The SMILES string of the molecule is CC(Sc1nnc(-c2cccnc2)n1Cc1ccco1)C(=O)Nc1nc(-c2ccccc2)cs1. The first-order valence-electron chi connectivity index (χ1n) is 10.5. The van der Waals surface area contributed by atoms with Crippen LogP contribution in [0.3, 0.4) is 0 Å². The molecule has 0 saturated heterocycles.